The number of benzene rings is 2. The zero-order valence-corrected chi connectivity index (χ0v) is 22.7. The van der Waals surface area contributed by atoms with Crippen LogP contribution >= 0.6 is 0 Å². The van der Waals surface area contributed by atoms with Crippen LogP contribution in [0.25, 0.3) is 0 Å². The summed E-state index contributed by atoms with van der Waals surface area (Å²) in [5.41, 5.74) is 0.232. The lowest BCUT2D eigenvalue weighted by Crippen LogP contribution is -2.47. The molecule has 5 rings (SSSR count). The predicted octanol–water partition coefficient (Wildman–Crippen LogP) is 5.76. The maximum Gasteiger partial charge on any atom is 0.435 e. The lowest BCUT2D eigenvalue weighted by atomic mass is 9.95. The molecule has 1 atom stereocenters. The van der Waals surface area contributed by atoms with Crippen LogP contribution in [0.5, 0.6) is 5.75 Å². The molecule has 1 heterocycles. The maximum absolute atomic E-state index is 14.1. The van der Waals surface area contributed by atoms with Crippen LogP contribution in [0, 0.1) is 5.82 Å². The molecule has 1 N–H and O–H groups in total. The van der Waals surface area contributed by atoms with Gasteiger partial charge in [-0.1, -0.05) is 25.0 Å². The summed E-state index contributed by atoms with van der Waals surface area (Å²) < 4.78 is 61.8. The number of fused-ring (bicyclic) bond motifs is 1. The van der Waals surface area contributed by atoms with E-state index >= 15 is 0 Å². The molecule has 0 aliphatic heterocycles. The van der Waals surface area contributed by atoms with E-state index < -0.39 is 42.1 Å². The Hall–Kier alpha value is -3.89. The third-order valence-corrected chi connectivity index (χ3v) is 7.82. The third-order valence-electron chi connectivity index (χ3n) is 7.82. The summed E-state index contributed by atoms with van der Waals surface area (Å²) in [4.78, 5) is 29.2. The lowest BCUT2D eigenvalue weighted by Gasteiger charge is -2.32. The molecule has 2 amide bonds. The Bertz CT molecular complexity index is 1380. The predicted molar refractivity (Wildman–Crippen MR) is 144 cm³/mol. The van der Waals surface area contributed by atoms with Crippen LogP contribution in [0.1, 0.15) is 67.1 Å². The minimum atomic E-state index is -4.65. The number of methoxy groups -OCH3 is 1. The highest BCUT2D eigenvalue weighted by Gasteiger charge is 2.41. The second-order valence-corrected chi connectivity index (χ2v) is 10.5. The summed E-state index contributed by atoms with van der Waals surface area (Å²) in [7, 11) is 1.51. The second-order valence-electron chi connectivity index (χ2n) is 10.5. The molecular weight excluding hydrogens is 540 g/mol. The van der Waals surface area contributed by atoms with Gasteiger partial charge in [0.05, 0.1) is 7.11 Å². The average Bonchev–Trinajstić information content (AvgIpc) is 3.60. The van der Waals surface area contributed by atoms with Crippen LogP contribution < -0.4 is 15.0 Å². The topological polar surface area (TPSA) is 76.5 Å². The first-order valence-electron chi connectivity index (χ1n) is 13.8. The van der Waals surface area contributed by atoms with Crippen LogP contribution in [-0.2, 0) is 35.2 Å². The Morgan fingerprint density at radius 2 is 1.68 bits per heavy atom. The van der Waals surface area contributed by atoms with Gasteiger partial charge in [0, 0.05) is 23.0 Å². The molecule has 0 radical (unpaired) electrons. The molecule has 0 spiro atoms. The molecule has 1 fully saturated rings. The number of hydrogen-bond acceptors (Lipinski definition) is 4. The number of anilines is 1. The fraction of sp³-hybridized carbons (Fsp3) is 0.433. The number of amides is 2. The van der Waals surface area contributed by atoms with Gasteiger partial charge in [0.15, 0.2) is 5.69 Å². The summed E-state index contributed by atoms with van der Waals surface area (Å²) in [6.45, 7) is -0.515. The van der Waals surface area contributed by atoms with E-state index in [4.69, 9.17) is 4.74 Å². The van der Waals surface area contributed by atoms with Gasteiger partial charge in [-0.05, 0) is 80.5 Å². The number of ether oxygens (including phenoxy) is 1. The van der Waals surface area contributed by atoms with E-state index in [2.05, 4.69) is 10.4 Å². The summed E-state index contributed by atoms with van der Waals surface area (Å²) >= 11 is 0. The van der Waals surface area contributed by atoms with Crippen molar-refractivity contribution in [2.45, 2.75) is 76.2 Å². The molecule has 7 nitrogen and oxygen atoms in total. The first-order chi connectivity index (χ1) is 19.7. The van der Waals surface area contributed by atoms with E-state index in [1.807, 2.05) is 0 Å². The molecule has 0 saturated heterocycles. The van der Waals surface area contributed by atoms with Crippen LogP contribution in [0.2, 0.25) is 0 Å². The molecular formula is C30H32F4N4O3. The first-order valence-corrected chi connectivity index (χ1v) is 13.8. The van der Waals surface area contributed by atoms with E-state index in [-0.39, 0.29) is 23.7 Å². The van der Waals surface area contributed by atoms with Gasteiger partial charge in [0.2, 0.25) is 11.8 Å². The molecule has 2 aliphatic carbocycles. The Labute approximate surface area is 235 Å². The van der Waals surface area contributed by atoms with E-state index in [0.717, 1.165) is 30.4 Å². The molecule has 41 heavy (non-hydrogen) atoms. The van der Waals surface area contributed by atoms with Crippen molar-refractivity contribution in [1.29, 1.82) is 0 Å². The van der Waals surface area contributed by atoms with Crippen molar-refractivity contribution in [1.82, 2.24) is 15.1 Å². The number of nitrogens with one attached hydrogen (secondary N) is 1. The van der Waals surface area contributed by atoms with Gasteiger partial charge in [0.25, 0.3) is 0 Å². The molecule has 0 bridgehead atoms. The van der Waals surface area contributed by atoms with Crippen molar-refractivity contribution in [2.75, 3.05) is 12.0 Å². The quantitative estimate of drug-likeness (QED) is 0.348. The minimum Gasteiger partial charge on any atom is -0.497 e. The zero-order valence-electron chi connectivity index (χ0n) is 22.7. The number of alkyl halides is 3. The molecule has 11 heteroatoms. The molecule has 2 aliphatic rings. The number of carbonyl (C=O) groups is 2. The van der Waals surface area contributed by atoms with E-state index in [9.17, 15) is 27.2 Å². The van der Waals surface area contributed by atoms with Crippen molar-refractivity contribution in [2.24, 2.45) is 0 Å². The highest BCUT2D eigenvalue weighted by atomic mass is 19.4. The maximum atomic E-state index is 14.1. The minimum absolute atomic E-state index is 0.0547. The van der Waals surface area contributed by atoms with Gasteiger partial charge in [-0.15, -0.1) is 0 Å². The van der Waals surface area contributed by atoms with E-state index in [1.165, 1.54) is 36.3 Å². The second kappa shape index (κ2) is 11.9. The Morgan fingerprint density at radius 3 is 2.32 bits per heavy atom. The molecule has 3 aromatic rings. The smallest absolute Gasteiger partial charge is 0.435 e. The number of nitrogens with zero attached hydrogens (tertiary/aromatic N) is 3. The molecule has 2 aromatic carbocycles. The SMILES string of the molecule is COc1ccc(C(C(=O)NC2CCCC2)N(C(=O)Cn2nc(C(F)(F)F)c3c2CCCC3)c2ccc(F)cc2)cc1. The first kappa shape index (κ1) is 28.6. The van der Waals surface area contributed by atoms with Gasteiger partial charge in [-0.2, -0.15) is 18.3 Å². The van der Waals surface area contributed by atoms with Crippen molar-refractivity contribution < 1.29 is 31.9 Å². The van der Waals surface area contributed by atoms with Gasteiger partial charge in [-0.25, -0.2) is 4.39 Å². The van der Waals surface area contributed by atoms with Gasteiger partial charge < -0.3 is 10.1 Å². The number of halogens is 4. The van der Waals surface area contributed by atoms with Gasteiger partial charge in [-0.3, -0.25) is 19.2 Å². The Balaban J connectivity index is 1.57. The summed E-state index contributed by atoms with van der Waals surface area (Å²) in [5, 5.41) is 6.89. The largest absolute Gasteiger partial charge is 0.497 e. The molecule has 1 unspecified atom stereocenters. The van der Waals surface area contributed by atoms with Crippen molar-refractivity contribution >= 4 is 17.5 Å². The van der Waals surface area contributed by atoms with E-state index in [1.54, 1.807) is 24.3 Å². The van der Waals surface area contributed by atoms with Crippen molar-refractivity contribution in [3.63, 3.8) is 0 Å². The fourth-order valence-electron chi connectivity index (χ4n) is 5.83. The normalized spacial score (nSPS) is 16.2. The van der Waals surface area contributed by atoms with Crippen molar-refractivity contribution in [3.05, 3.63) is 76.9 Å². The average molecular weight is 573 g/mol. The van der Waals surface area contributed by atoms with Crippen molar-refractivity contribution in [3.8, 4) is 5.75 Å². The monoisotopic (exact) mass is 572 g/mol. The van der Waals surface area contributed by atoms with Crippen LogP contribution in [0.4, 0.5) is 23.2 Å². The number of rotatable bonds is 8. The van der Waals surface area contributed by atoms with Crippen LogP contribution in [0.3, 0.4) is 0 Å². The Morgan fingerprint density at radius 1 is 1.02 bits per heavy atom. The zero-order chi connectivity index (χ0) is 29.1. The van der Waals surface area contributed by atoms with Crippen LogP contribution in [0.15, 0.2) is 48.5 Å². The number of aromatic nitrogens is 2. The highest BCUT2D eigenvalue weighted by Crippen LogP contribution is 2.36. The number of hydrogen-bond donors (Lipinski definition) is 1. The summed E-state index contributed by atoms with van der Waals surface area (Å²) in [5.74, 6) is -1.07. The van der Waals surface area contributed by atoms with Gasteiger partial charge >= 0.3 is 6.18 Å². The number of carbonyl (C=O) groups excluding carboxylic acids is 2. The summed E-state index contributed by atoms with van der Waals surface area (Å²) in [6.07, 6.45) is 0.818. The third kappa shape index (κ3) is 6.23. The van der Waals surface area contributed by atoms with Crippen LogP contribution in [-0.4, -0.2) is 34.7 Å². The molecule has 218 valence electrons. The highest BCUT2D eigenvalue weighted by molar-refractivity contribution is 6.01. The summed E-state index contributed by atoms with van der Waals surface area (Å²) in [6, 6.07) is 10.5. The van der Waals surface area contributed by atoms with E-state index in [0.29, 0.717) is 36.3 Å². The molecule has 1 saturated carbocycles. The Kier molecular flexibility index (Phi) is 8.32. The lowest BCUT2D eigenvalue weighted by molar-refractivity contribution is -0.142. The fourth-order valence-corrected chi connectivity index (χ4v) is 5.83. The van der Waals surface area contributed by atoms with Gasteiger partial charge in [0.1, 0.15) is 24.2 Å². The molecule has 1 aromatic heterocycles. The standard InChI is InChI=1S/C30H32F4N4O3/c1-41-23-16-10-19(11-17-23)27(29(40)35-21-6-2-3-7-21)38(22-14-12-20(31)13-15-22)26(39)18-37-25-9-5-4-8-24(25)28(36-37)30(32,33)34/h10-17,21,27H,2-9,18H2,1H3,(H,35,40).